The van der Waals surface area contributed by atoms with Crippen LogP contribution in [0.2, 0.25) is 0 Å². The standard InChI is InChI=1S/C30H29NO7/c1-5-35-27(32)19-36-26-13-9-12-24-23(26)18-25(31(24)29(34)38-30(2,3)4)28(33)20-14-16-22(17-15-20)37-21-10-7-6-8-11-21/h6-18H,5,19H2,1-4H3. The molecule has 0 aliphatic heterocycles. The Morgan fingerprint density at radius 1 is 0.842 bits per heavy atom. The summed E-state index contributed by atoms with van der Waals surface area (Å²) in [4.78, 5) is 38.8. The molecule has 0 atom stereocenters. The first-order valence-corrected chi connectivity index (χ1v) is 12.2. The van der Waals surface area contributed by atoms with E-state index in [4.69, 9.17) is 18.9 Å². The lowest BCUT2D eigenvalue weighted by atomic mass is 10.1. The number of benzene rings is 3. The number of esters is 1. The molecule has 0 radical (unpaired) electrons. The molecular weight excluding hydrogens is 486 g/mol. The number of nitrogens with zero attached hydrogens (tertiary/aromatic N) is 1. The summed E-state index contributed by atoms with van der Waals surface area (Å²) in [6.07, 6.45) is -0.706. The van der Waals surface area contributed by atoms with Crippen LogP contribution in [-0.2, 0) is 14.3 Å². The van der Waals surface area contributed by atoms with Crippen LogP contribution in [-0.4, -0.2) is 41.2 Å². The van der Waals surface area contributed by atoms with Gasteiger partial charge in [-0.2, -0.15) is 0 Å². The summed E-state index contributed by atoms with van der Waals surface area (Å²) in [5.41, 5.74) is 0.0702. The normalized spacial score (nSPS) is 11.2. The molecule has 0 saturated heterocycles. The van der Waals surface area contributed by atoms with Crippen LogP contribution in [0.25, 0.3) is 10.9 Å². The van der Waals surface area contributed by atoms with E-state index in [1.165, 1.54) is 4.57 Å². The van der Waals surface area contributed by atoms with Crippen molar-refractivity contribution in [3.63, 3.8) is 0 Å². The van der Waals surface area contributed by atoms with E-state index in [0.29, 0.717) is 33.7 Å². The topological polar surface area (TPSA) is 93.1 Å². The van der Waals surface area contributed by atoms with Gasteiger partial charge in [0.2, 0.25) is 5.78 Å². The van der Waals surface area contributed by atoms with Crippen molar-refractivity contribution in [2.45, 2.75) is 33.3 Å². The quantitative estimate of drug-likeness (QED) is 0.198. The number of carbonyl (C=O) groups excluding carboxylic acids is 3. The smallest absolute Gasteiger partial charge is 0.419 e. The third kappa shape index (κ3) is 6.21. The third-order valence-electron chi connectivity index (χ3n) is 5.36. The molecule has 4 aromatic rings. The van der Waals surface area contributed by atoms with Gasteiger partial charge in [-0.25, -0.2) is 14.2 Å². The highest BCUT2D eigenvalue weighted by Crippen LogP contribution is 2.31. The van der Waals surface area contributed by atoms with Gasteiger partial charge in [0.15, 0.2) is 6.61 Å². The minimum absolute atomic E-state index is 0.0955. The molecular formula is C30H29NO7. The third-order valence-corrected chi connectivity index (χ3v) is 5.36. The highest BCUT2D eigenvalue weighted by molar-refractivity contribution is 6.13. The van der Waals surface area contributed by atoms with E-state index in [-0.39, 0.29) is 18.9 Å². The Morgan fingerprint density at radius 2 is 1.53 bits per heavy atom. The van der Waals surface area contributed by atoms with Crippen molar-refractivity contribution in [3.05, 3.63) is 90.1 Å². The van der Waals surface area contributed by atoms with Gasteiger partial charge in [-0.3, -0.25) is 4.79 Å². The van der Waals surface area contributed by atoms with Crippen molar-refractivity contribution in [1.29, 1.82) is 0 Å². The second-order valence-electron chi connectivity index (χ2n) is 9.40. The molecule has 8 nitrogen and oxygen atoms in total. The molecule has 0 spiro atoms. The number of hydrogen-bond acceptors (Lipinski definition) is 7. The van der Waals surface area contributed by atoms with Crippen LogP contribution in [0.3, 0.4) is 0 Å². The molecule has 0 bridgehead atoms. The van der Waals surface area contributed by atoms with Crippen molar-refractivity contribution in [2.24, 2.45) is 0 Å². The van der Waals surface area contributed by atoms with Gasteiger partial charge in [-0.15, -0.1) is 0 Å². The van der Waals surface area contributed by atoms with Crippen LogP contribution >= 0.6 is 0 Å². The highest BCUT2D eigenvalue weighted by Gasteiger charge is 2.27. The van der Waals surface area contributed by atoms with Crippen LogP contribution in [0.15, 0.2) is 78.9 Å². The van der Waals surface area contributed by atoms with Crippen LogP contribution in [0.5, 0.6) is 17.2 Å². The summed E-state index contributed by atoms with van der Waals surface area (Å²) in [6.45, 7) is 6.87. The number of rotatable bonds is 8. The van der Waals surface area contributed by atoms with Crippen LogP contribution in [0.4, 0.5) is 4.79 Å². The summed E-state index contributed by atoms with van der Waals surface area (Å²) in [7, 11) is 0. The van der Waals surface area contributed by atoms with E-state index in [0.717, 1.165) is 0 Å². The van der Waals surface area contributed by atoms with E-state index in [2.05, 4.69) is 0 Å². The lowest BCUT2D eigenvalue weighted by Gasteiger charge is -2.20. The molecule has 3 aromatic carbocycles. The summed E-state index contributed by atoms with van der Waals surface area (Å²) in [5, 5.41) is 0.482. The van der Waals surface area contributed by atoms with Gasteiger partial charge in [-0.05, 0) is 82.3 Å². The molecule has 0 unspecified atom stereocenters. The van der Waals surface area contributed by atoms with E-state index in [1.807, 2.05) is 30.3 Å². The minimum atomic E-state index is -0.789. The maximum Gasteiger partial charge on any atom is 0.419 e. The largest absolute Gasteiger partial charge is 0.481 e. The van der Waals surface area contributed by atoms with Crippen LogP contribution < -0.4 is 9.47 Å². The van der Waals surface area contributed by atoms with E-state index in [1.54, 1.807) is 76.2 Å². The van der Waals surface area contributed by atoms with Crippen molar-refractivity contribution < 1.29 is 33.3 Å². The molecule has 1 heterocycles. The number of hydrogen-bond donors (Lipinski definition) is 0. The number of ketones is 1. The van der Waals surface area contributed by atoms with E-state index in [9.17, 15) is 14.4 Å². The maximum absolute atomic E-state index is 13.7. The number of para-hydroxylation sites is 1. The first-order valence-electron chi connectivity index (χ1n) is 12.2. The van der Waals surface area contributed by atoms with Gasteiger partial charge in [0.25, 0.3) is 0 Å². The highest BCUT2D eigenvalue weighted by atomic mass is 16.6. The first kappa shape index (κ1) is 26.5. The molecule has 0 N–H and O–H groups in total. The maximum atomic E-state index is 13.7. The molecule has 0 aliphatic carbocycles. The number of aromatic nitrogens is 1. The Bertz CT molecular complexity index is 1450. The van der Waals surface area contributed by atoms with Gasteiger partial charge in [0, 0.05) is 10.9 Å². The average Bonchev–Trinajstić information content (AvgIpc) is 3.28. The fourth-order valence-electron chi connectivity index (χ4n) is 3.79. The SMILES string of the molecule is CCOC(=O)COc1cccc2c1cc(C(=O)c1ccc(Oc3ccccc3)cc1)n2C(=O)OC(C)(C)C. The summed E-state index contributed by atoms with van der Waals surface area (Å²) < 4.78 is 23.3. The Morgan fingerprint density at radius 3 is 2.18 bits per heavy atom. The number of fused-ring (bicyclic) bond motifs is 1. The Balaban J connectivity index is 1.71. The number of ether oxygens (including phenoxy) is 4. The summed E-state index contributed by atoms with van der Waals surface area (Å²) in [5.74, 6) is 0.653. The van der Waals surface area contributed by atoms with Gasteiger partial charge in [0.05, 0.1) is 12.1 Å². The predicted octanol–water partition coefficient (Wildman–Crippen LogP) is 6.39. The zero-order chi connectivity index (χ0) is 27.3. The first-order chi connectivity index (χ1) is 18.2. The van der Waals surface area contributed by atoms with Crippen LogP contribution in [0, 0.1) is 0 Å². The summed E-state index contributed by atoms with van der Waals surface area (Å²) >= 11 is 0. The second-order valence-corrected chi connectivity index (χ2v) is 9.40. The average molecular weight is 516 g/mol. The van der Waals surface area contributed by atoms with Gasteiger partial charge in [-0.1, -0.05) is 24.3 Å². The Kier molecular flexibility index (Phi) is 7.81. The van der Waals surface area contributed by atoms with Crippen molar-refractivity contribution >= 4 is 28.7 Å². The zero-order valence-electron chi connectivity index (χ0n) is 21.7. The van der Waals surface area contributed by atoms with Crippen molar-refractivity contribution in [2.75, 3.05) is 13.2 Å². The molecule has 8 heteroatoms. The molecule has 0 fully saturated rings. The number of carbonyl (C=O) groups is 3. The lowest BCUT2D eigenvalue weighted by molar-refractivity contribution is -0.145. The molecule has 0 saturated carbocycles. The fraction of sp³-hybridized carbons (Fsp3) is 0.233. The van der Waals surface area contributed by atoms with Crippen molar-refractivity contribution in [3.8, 4) is 17.2 Å². The zero-order valence-corrected chi connectivity index (χ0v) is 21.7. The Hall–Kier alpha value is -4.59. The second kappa shape index (κ2) is 11.2. The van der Waals surface area contributed by atoms with Gasteiger partial charge < -0.3 is 18.9 Å². The van der Waals surface area contributed by atoms with Gasteiger partial charge >= 0.3 is 12.1 Å². The summed E-state index contributed by atoms with van der Waals surface area (Å²) in [6, 6.07) is 22.5. The van der Waals surface area contributed by atoms with E-state index < -0.39 is 23.4 Å². The molecule has 0 amide bonds. The van der Waals surface area contributed by atoms with Crippen molar-refractivity contribution in [1.82, 2.24) is 4.57 Å². The monoisotopic (exact) mass is 515 g/mol. The molecule has 38 heavy (non-hydrogen) atoms. The van der Waals surface area contributed by atoms with Crippen LogP contribution in [0.1, 0.15) is 43.7 Å². The predicted molar refractivity (Wildman–Crippen MR) is 142 cm³/mol. The fourth-order valence-corrected chi connectivity index (χ4v) is 3.79. The molecule has 4 rings (SSSR count). The molecule has 1 aromatic heterocycles. The lowest BCUT2D eigenvalue weighted by Crippen LogP contribution is -2.28. The minimum Gasteiger partial charge on any atom is -0.481 e. The Labute approximate surface area is 220 Å². The van der Waals surface area contributed by atoms with Gasteiger partial charge in [0.1, 0.15) is 28.5 Å². The molecule has 196 valence electrons. The molecule has 0 aliphatic rings. The van der Waals surface area contributed by atoms with E-state index >= 15 is 0 Å².